The first-order valence-electron chi connectivity index (χ1n) is 8.49. The van der Waals surface area contributed by atoms with Gasteiger partial charge >= 0.3 is 0 Å². The van der Waals surface area contributed by atoms with Crippen molar-refractivity contribution in [1.82, 2.24) is 5.32 Å². The largest absolute Gasteiger partial charge is 0.375 e. The Morgan fingerprint density at radius 1 is 1.30 bits per heavy atom. The Bertz CT molecular complexity index is 330. The van der Waals surface area contributed by atoms with Crippen LogP contribution in [0.5, 0.6) is 0 Å². The summed E-state index contributed by atoms with van der Waals surface area (Å²) in [6.07, 6.45) is 14.2. The molecule has 1 spiro atoms. The first-order chi connectivity index (χ1) is 9.86. The van der Waals surface area contributed by atoms with E-state index in [0.717, 1.165) is 6.61 Å². The van der Waals surface area contributed by atoms with Crippen molar-refractivity contribution in [2.75, 3.05) is 24.7 Å². The smallest absolute Gasteiger partial charge is 0.0713 e. The molecular weight excluding hydrogens is 266 g/mol. The van der Waals surface area contributed by atoms with Gasteiger partial charge in [-0.25, -0.2) is 0 Å². The van der Waals surface area contributed by atoms with Gasteiger partial charge in [0.05, 0.1) is 5.60 Å². The van der Waals surface area contributed by atoms with Gasteiger partial charge in [0.15, 0.2) is 0 Å². The van der Waals surface area contributed by atoms with Crippen LogP contribution in [0.4, 0.5) is 0 Å². The van der Waals surface area contributed by atoms with E-state index in [2.05, 4.69) is 23.2 Å². The van der Waals surface area contributed by atoms with Crippen LogP contribution in [0.25, 0.3) is 0 Å². The fourth-order valence-corrected chi connectivity index (χ4v) is 5.10. The van der Waals surface area contributed by atoms with E-state index < -0.39 is 0 Å². The lowest BCUT2D eigenvalue weighted by molar-refractivity contribution is -0.0930. The topological polar surface area (TPSA) is 21.3 Å². The SMILES string of the molecule is C1=C(CCNC2CCOC3(CCSCC3)C2)CCCC1. The summed E-state index contributed by atoms with van der Waals surface area (Å²) in [4.78, 5) is 0. The molecular formula is C17H29NOS. The zero-order chi connectivity index (χ0) is 13.7. The van der Waals surface area contributed by atoms with Crippen LogP contribution in [0, 0.1) is 0 Å². The van der Waals surface area contributed by atoms with Gasteiger partial charge in [0.2, 0.25) is 0 Å². The first kappa shape index (κ1) is 14.9. The van der Waals surface area contributed by atoms with Crippen LogP contribution in [-0.2, 0) is 4.74 Å². The molecule has 1 atom stereocenters. The molecule has 2 saturated heterocycles. The Kier molecular flexibility index (Phi) is 5.47. The number of allylic oxidation sites excluding steroid dienone is 1. The standard InChI is InChI=1S/C17H29NOS/c1-2-4-15(5-3-1)6-10-18-16-7-11-19-17(14-16)8-12-20-13-9-17/h4,16,18H,1-3,5-14H2. The molecule has 3 aliphatic rings. The second-order valence-corrected chi connectivity index (χ2v) is 7.87. The molecule has 2 heterocycles. The summed E-state index contributed by atoms with van der Waals surface area (Å²) in [5.41, 5.74) is 1.92. The van der Waals surface area contributed by atoms with Crippen molar-refractivity contribution in [2.45, 2.75) is 69.4 Å². The maximum atomic E-state index is 6.17. The molecule has 0 saturated carbocycles. The van der Waals surface area contributed by atoms with Gasteiger partial charge in [-0.2, -0.15) is 11.8 Å². The minimum absolute atomic E-state index is 0.227. The molecule has 114 valence electrons. The summed E-state index contributed by atoms with van der Waals surface area (Å²) < 4.78 is 6.17. The average molecular weight is 295 g/mol. The van der Waals surface area contributed by atoms with E-state index in [1.54, 1.807) is 5.57 Å². The Balaban J connectivity index is 1.42. The highest BCUT2D eigenvalue weighted by molar-refractivity contribution is 7.99. The lowest BCUT2D eigenvalue weighted by atomic mass is 9.85. The van der Waals surface area contributed by atoms with Gasteiger partial charge in [0.1, 0.15) is 0 Å². The van der Waals surface area contributed by atoms with Crippen LogP contribution in [0.3, 0.4) is 0 Å². The Labute approximate surface area is 128 Å². The lowest BCUT2D eigenvalue weighted by Crippen LogP contribution is -2.49. The summed E-state index contributed by atoms with van der Waals surface area (Å²) in [7, 11) is 0. The van der Waals surface area contributed by atoms with E-state index in [0.29, 0.717) is 6.04 Å². The number of thioether (sulfide) groups is 1. The van der Waals surface area contributed by atoms with Gasteiger partial charge < -0.3 is 10.1 Å². The zero-order valence-electron chi connectivity index (χ0n) is 12.7. The Morgan fingerprint density at radius 3 is 3.00 bits per heavy atom. The van der Waals surface area contributed by atoms with E-state index in [9.17, 15) is 0 Å². The molecule has 20 heavy (non-hydrogen) atoms. The van der Waals surface area contributed by atoms with Gasteiger partial charge in [0.25, 0.3) is 0 Å². The van der Waals surface area contributed by atoms with Crippen LogP contribution in [0.2, 0.25) is 0 Å². The predicted octanol–water partition coefficient (Wildman–Crippen LogP) is 3.91. The first-order valence-corrected chi connectivity index (χ1v) is 9.65. The fourth-order valence-electron chi connectivity index (χ4n) is 3.86. The fraction of sp³-hybridized carbons (Fsp3) is 0.882. The second-order valence-electron chi connectivity index (χ2n) is 6.65. The molecule has 0 aromatic carbocycles. The van der Waals surface area contributed by atoms with E-state index in [1.807, 2.05) is 0 Å². The molecule has 1 N–H and O–H groups in total. The van der Waals surface area contributed by atoms with Crippen LogP contribution >= 0.6 is 11.8 Å². The number of ether oxygens (including phenoxy) is 1. The van der Waals surface area contributed by atoms with Crippen molar-refractivity contribution in [1.29, 1.82) is 0 Å². The van der Waals surface area contributed by atoms with Crippen molar-refractivity contribution in [3.05, 3.63) is 11.6 Å². The summed E-state index contributed by atoms with van der Waals surface area (Å²) in [5.74, 6) is 2.58. The van der Waals surface area contributed by atoms with E-state index in [1.165, 1.54) is 75.8 Å². The molecule has 0 aromatic rings. The van der Waals surface area contributed by atoms with Gasteiger partial charge in [-0.05, 0) is 75.8 Å². The summed E-state index contributed by atoms with van der Waals surface area (Å²) in [6, 6.07) is 0.691. The summed E-state index contributed by atoms with van der Waals surface area (Å²) in [6.45, 7) is 2.13. The average Bonchev–Trinajstić information content (AvgIpc) is 2.49. The normalized spacial score (nSPS) is 30.2. The quantitative estimate of drug-likeness (QED) is 0.795. The van der Waals surface area contributed by atoms with Crippen LogP contribution in [-0.4, -0.2) is 36.3 Å². The number of hydrogen-bond donors (Lipinski definition) is 1. The molecule has 0 aromatic heterocycles. The molecule has 2 fully saturated rings. The molecule has 2 nitrogen and oxygen atoms in total. The van der Waals surface area contributed by atoms with Crippen molar-refractivity contribution in [2.24, 2.45) is 0 Å². The minimum atomic E-state index is 0.227. The van der Waals surface area contributed by atoms with E-state index in [4.69, 9.17) is 4.74 Å². The number of nitrogens with one attached hydrogen (secondary N) is 1. The molecule has 3 heteroatoms. The highest BCUT2D eigenvalue weighted by Gasteiger charge is 2.38. The van der Waals surface area contributed by atoms with E-state index >= 15 is 0 Å². The zero-order valence-corrected chi connectivity index (χ0v) is 13.5. The maximum absolute atomic E-state index is 6.17. The molecule has 0 radical (unpaired) electrons. The summed E-state index contributed by atoms with van der Waals surface area (Å²) in [5, 5.41) is 3.81. The number of rotatable bonds is 4. The Hall–Kier alpha value is 0.0100. The van der Waals surface area contributed by atoms with Crippen molar-refractivity contribution < 1.29 is 4.74 Å². The third kappa shape index (κ3) is 4.02. The molecule has 3 rings (SSSR count). The van der Waals surface area contributed by atoms with Gasteiger partial charge in [0, 0.05) is 12.6 Å². The second kappa shape index (κ2) is 7.33. The van der Waals surface area contributed by atoms with E-state index in [-0.39, 0.29) is 5.60 Å². The van der Waals surface area contributed by atoms with Gasteiger partial charge in [-0.1, -0.05) is 11.6 Å². The molecule has 0 bridgehead atoms. The van der Waals surface area contributed by atoms with Crippen molar-refractivity contribution >= 4 is 11.8 Å². The predicted molar refractivity (Wildman–Crippen MR) is 87.4 cm³/mol. The third-order valence-corrected chi connectivity index (χ3v) is 6.15. The molecule has 0 amide bonds. The van der Waals surface area contributed by atoms with Crippen LogP contribution in [0.1, 0.15) is 57.8 Å². The van der Waals surface area contributed by atoms with Crippen molar-refractivity contribution in [3.63, 3.8) is 0 Å². The lowest BCUT2D eigenvalue weighted by Gasteiger charge is -2.43. The number of hydrogen-bond acceptors (Lipinski definition) is 3. The molecule has 1 unspecified atom stereocenters. The Morgan fingerprint density at radius 2 is 2.20 bits per heavy atom. The van der Waals surface area contributed by atoms with Crippen molar-refractivity contribution in [3.8, 4) is 0 Å². The minimum Gasteiger partial charge on any atom is -0.375 e. The maximum Gasteiger partial charge on any atom is 0.0713 e. The third-order valence-electron chi connectivity index (χ3n) is 5.16. The highest BCUT2D eigenvalue weighted by Crippen LogP contribution is 2.37. The molecule has 2 aliphatic heterocycles. The monoisotopic (exact) mass is 295 g/mol. The van der Waals surface area contributed by atoms with Gasteiger partial charge in [-0.3, -0.25) is 0 Å². The highest BCUT2D eigenvalue weighted by atomic mass is 32.2. The van der Waals surface area contributed by atoms with Crippen LogP contribution in [0.15, 0.2) is 11.6 Å². The van der Waals surface area contributed by atoms with Gasteiger partial charge in [-0.15, -0.1) is 0 Å². The summed E-state index contributed by atoms with van der Waals surface area (Å²) >= 11 is 2.09. The molecule has 1 aliphatic carbocycles. The van der Waals surface area contributed by atoms with Crippen LogP contribution < -0.4 is 5.32 Å².